The van der Waals surface area contributed by atoms with E-state index in [1.165, 1.54) is 7.11 Å². The molecule has 12 heavy (non-hydrogen) atoms. The van der Waals surface area contributed by atoms with Crippen LogP contribution in [0.4, 0.5) is 0 Å². The van der Waals surface area contributed by atoms with E-state index in [-0.39, 0.29) is 6.61 Å². The third-order valence-electron chi connectivity index (χ3n) is 1.58. The summed E-state index contributed by atoms with van der Waals surface area (Å²) >= 11 is 0. The van der Waals surface area contributed by atoms with Crippen LogP contribution in [0.5, 0.6) is 0 Å². The van der Waals surface area contributed by atoms with Crippen LogP contribution in [0.3, 0.4) is 0 Å². The van der Waals surface area contributed by atoms with Gasteiger partial charge in [0.1, 0.15) is 11.3 Å². The maximum atomic E-state index is 9.76. The first-order valence-electron chi connectivity index (χ1n) is 3.64. The molecule has 0 bridgehead atoms. The Morgan fingerprint density at radius 3 is 2.83 bits per heavy atom. The third-order valence-corrected chi connectivity index (χ3v) is 1.58. The predicted molar refractivity (Wildman–Crippen MR) is 42.4 cm³/mol. The van der Waals surface area contributed by atoms with E-state index in [0.717, 1.165) is 0 Å². The average Bonchev–Trinajstić information content (AvgIpc) is 2.36. The van der Waals surface area contributed by atoms with Gasteiger partial charge in [-0.25, -0.2) is 0 Å². The quantitative estimate of drug-likeness (QED) is 0.676. The van der Waals surface area contributed by atoms with Crippen LogP contribution in [0.2, 0.25) is 0 Å². The minimum absolute atomic E-state index is 0.214. The van der Waals surface area contributed by atoms with Crippen molar-refractivity contribution in [2.45, 2.75) is 12.5 Å². The first-order chi connectivity index (χ1) is 5.56. The largest absolute Gasteiger partial charge is 0.381 e. The zero-order valence-corrected chi connectivity index (χ0v) is 7.48. The SMILES string of the molecule is COCC(C)(O)c1cn(C)nn1. The fourth-order valence-corrected chi connectivity index (χ4v) is 0.949. The minimum atomic E-state index is -1.05. The van der Waals surface area contributed by atoms with Gasteiger partial charge in [-0.05, 0) is 6.92 Å². The lowest BCUT2D eigenvalue weighted by Crippen LogP contribution is -2.27. The van der Waals surface area contributed by atoms with Crippen LogP contribution in [0, 0.1) is 0 Å². The zero-order valence-electron chi connectivity index (χ0n) is 7.48. The van der Waals surface area contributed by atoms with Gasteiger partial charge in [-0.15, -0.1) is 5.10 Å². The van der Waals surface area contributed by atoms with Gasteiger partial charge in [-0.3, -0.25) is 4.68 Å². The molecule has 68 valence electrons. The van der Waals surface area contributed by atoms with Gasteiger partial charge in [0.25, 0.3) is 0 Å². The molecule has 0 saturated heterocycles. The highest BCUT2D eigenvalue weighted by molar-refractivity contribution is 5.04. The lowest BCUT2D eigenvalue weighted by molar-refractivity contribution is -0.0240. The summed E-state index contributed by atoms with van der Waals surface area (Å²) in [5.41, 5.74) is -0.532. The molecule has 1 aromatic rings. The summed E-state index contributed by atoms with van der Waals surface area (Å²) in [6, 6.07) is 0. The average molecular weight is 171 g/mol. The molecular weight excluding hydrogens is 158 g/mol. The van der Waals surface area contributed by atoms with Crippen LogP contribution in [0.1, 0.15) is 12.6 Å². The fourth-order valence-electron chi connectivity index (χ4n) is 0.949. The van der Waals surface area contributed by atoms with E-state index in [9.17, 15) is 5.11 Å². The molecule has 0 aromatic carbocycles. The molecular formula is C7H13N3O2. The van der Waals surface area contributed by atoms with Crippen molar-refractivity contribution in [1.29, 1.82) is 0 Å². The van der Waals surface area contributed by atoms with E-state index in [1.54, 1.807) is 24.9 Å². The first-order valence-corrected chi connectivity index (χ1v) is 3.64. The molecule has 1 rings (SSSR count). The van der Waals surface area contributed by atoms with E-state index in [2.05, 4.69) is 10.3 Å². The number of aromatic nitrogens is 3. The van der Waals surface area contributed by atoms with Crippen molar-refractivity contribution in [3.8, 4) is 0 Å². The monoisotopic (exact) mass is 171 g/mol. The number of ether oxygens (including phenoxy) is 1. The molecule has 1 unspecified atom stereocenters. The smallest absolute Gasteiger partial charge is 0.130 e. The number of rotatable bonds is 3. The Morgan fingerprint density at radius 1 is 1.75 bits per heavy atom. The molecule has 0 radical (unpaired) electrons. The number of aliphatic hydroxyl groups is 1. The second kappa shape index (κ2) is 3.20. The van der Waals surface area contributed by atoms with Gasteiger partial charge in [0.2, 0.25) is 0 Å². The summed E-state index contributed by atoms with van der Waals surface area (Å²) in [4.78, 5) is 0. The van der Waals surface area contributed by atoms with Crippen molar-refractivity contribution < 1.29 is 9.84 Å². The van der Waals surface area contributed by atoms with Gasteiger partial charge in [-0.1, -0.05) is 5.21 Å². The normalized spacial score (nSPS) is 16.0. The van der Waals surface area contributed by atoms with E-state index in [0.29, 0.717) is 5.69 Å². The summed E-state index contributed by atoms with van der Waals surface area (Å²) in [5.74, 6) is 0. The van der Waals surface area contributed by atoms with Gasteiger partial charge in [-0.2, -0.15) is 0 Å². The highest BCUT2D eigenvalue weighted by Crippen LogP contribution is 2.16. The molecule has 0 aliphatic rings. The van der Waals surface area contributed by atoms with E-state index in [4.69, 9.17) is 4.74 Å². The molecule has 5 nitrogen and oxygen atoms in total. The van der Waals surface area contributed by atoms with Crippen LogP contribution >= 0.6 is 0 Å². The van der Waals surface area contributed by atoms with Gasteiger partial charge in [0.05, 0.1) is 12.8 Å². The molecule has 0 amide bonds. The van der Waals surface area contributed by atoms with E-state index in [1.807, 2.05) is 0 Å². The van der Waals surface area contributed by atoms with Gasteiger partial charge < -0.3 is 9.84 Å². The van der Waals surface area contributed by atoms with Crippen molar-refractivity contribution in [2.24, 2.45) is 7.05 Å². The summed E-state index contributed by atoms with van der Waals surface area (Å²) in [6.07, 6.45) is 1.67. The number of nitrogens with zero attached hydrogens (tertiary/aromatic N) is 3. The second-order valence-electron chi connectivity index (χ2n) is 2.98. The molecule has 1 atom stereocenters. The highest BCUT2D eigenvalue weighted by Gasteiger charge is 2.26. The highest BCUT2D eigenvalue weighted by atomic mass is 16.5. The summed E-state index contributed by atoms with van der Waals surface area (Å²) in [7, 11) is 3.28. The Bertz CT molecular complexity index is 257. The maximum Gasteiger partial charge on any atom is 0.130 e. The number of hydrogen-bond donors (Lipinski definition) is 1. The molecule has 0 saturated carbocycles. The Balaban J connectivity index is 2.81. The van der Waals surface area contributed by atoms with Crippen LogP contribution in [0.25, 0.3) is 0 Å². The molecule has 0 aliphatic heterocycles. The predicted octanol–water partition coefficient (Wildman–Crippen LogP) is -0.331. The van der Waals surface area contributed by atoms with Crippen LogP contribution < -0.4 is 0 Å². The van der Waals surface area contributed by atoms with Crippen LogP contribution in [0.15, 0.2) is 6.20 Å². The molecule has 0 fully saturated rings. The lowest BCUT2D eigenvalue weighted by Gasteiger charge is -2.18. The standard InChI is InChI=1S/C7H13N3O2/c1-7(11,5-12-3)6-4-10(2)9-8-6/h4,11H,5H2,1-3H3. The summed E-state index contributed by atoms with van der Waals surface area (Å²) in [6.45, 7) is 1.85. The topological polar surface area (TPSA) is 60.2 Å². The Kier molecular flexibility index (Phi) is 2.44. The van der Waals surface area contributed by atoms with Gasteiger partial charge in [0, 0.05) is 14.2 Å². The summed E-state index contributed by atoms with van der Waals surface area (Å²) < 4.78 is 6.38. The number of hydrogen-bond acceptors (Lipinski definition) is 4. The maximum absolute atomic E-state index is 9.76. The van der Waals surface area contributed by atoms with Gasteiger partial charge in [0.15, 0.2) is 0 Å². The third kappa shape index (κ3) is 1.80. The minimum Gasteiger partial charge on any atom is -0.381 e. The first kappa shape index (κ1) is 9.15. The van der Waals surface area contributed by atoms with Crippen molar-refractivity contribution in [1.82, 2.24) is 15.0 Å². The van der Waals surface area contributed by atoms with Crippen molar-refractivity contribution >= 4 is 0 Å². The Labute approximate surface area is 71.0 Å². The Morgan fingerprint density at radius 2 is 2.42 bits per heavy atom. The molecule has 1 heterocycles. The van der Waals surface area contributed by atoms with E-state index >= 15 is 0 Å². The molecule has 0 aliphatic carbocycles. The van der Waals surface area contributed by atoms with Crippen molar-refractivity contribution in [3.05, 3.63) is 11.9 Å². The van der Waals surface area contributed by atoms with Crippen molar-refractivity contribution in [2.75, 3.05) is 13.7 Å². The van der Waals surface area contributed by atoms with Gasteiger partial charge >= 0.3 is 0 Å². The number of aryl methyl sites for hydroxylation is 1. The van der Waals surface area contributed by atoms with Crippen LogP contribution in [-0.4, -0.2) is 33.8 Å². The van der Waals surface area contributed by atoms with Crippen LogP contribution in [-0.2, 0) is 17.4 Å². The fraction of sp³-hybridized carbons (Fsp3) is 0.714. The Hall–Kier alpha value is -0.940. The lowest BCUT2D eigenvalue weighted by atomic mass is 10.1. The van der Waals surface area contributed by atoms with Crippen molar-refractivity contribution in [3.63, 3.8) is 0 Å². The molecule has 5 heteroatoms. The second-order valence-corrected chi connectivity index (χ2v) is 2.98. The molecule has 1 N–H and O–H groups in total. The number of methoxy groups -OCH3 is 1. The summed E-state index contributed by atoms with van der Waals surface area (Å²) in [5, 5.41) is 17.3. The zero-order chi connectivity index (χ0) is 9.19. The molecule has 0 spiro atoms. The molecule has 1 aromatic heterocycles. The van der Waals surface area contributed by atoms with E-state index < -0.39 is 5.60 Å².